The molecule has 1 aromatic carbocycles. The molecular formula is C15H9ClN4OS2. The first-order valence-electron chi connectivity index (χ1n) is 6.73. The van der Waals surface area contributed by atoms with Crippen molar-refractivity contribution in [3.63, 3.8) is 0 Å². The van der Waals surface area contributed by atoms with E-state index >= 15 is 0 Å². The van der Waals surface area contributed by atoms with Gasteiger partial charge in [-0.2, -0.15) is 0 Å². The van der Waals surface area contributed by atoms with Crippen LogP contribution in [0.2, 0.25) is 4.34 Å². The molecule has 3 aromatic heterocycles. The summed E-state index contributed by atoms with van der Waals surface area (Å²) in [5, 5.41) is 9.80. The minimum atomic E-state index is 0.00671. The van der Waals surface area contributed by atoms with E-state index in [1.807, 2.05) is 24.3 Å². The molecule has 5 nitrogen and oxygen atoms in total. The standard InChI is InChI=1S/C15H9ClN4OS2/c16-12-6-5-11(23-12)10(21)7-22-15-18-14-13(19-20-15)8-3-1-2-4-9(8)17-14/h1-6H,7H2,(H,17,18,20). The van der Waals surface area contributed by atoms with Gasteiger partial charge in [0.2, 0.25) is 5.16 Å². The van der Waals surface area contributed by atoms with Crippen molar-refractivity contribution < 1.29 is 4.79 Å². The summed E-state index contributed by atoms with van der Waals surface area (Å²) in [7, 11) is 0. The monoisotopic (exact) mass is 360 g/mol. The molecule has 114 valence electrons. The number of H-pyrrole nitrogens is 1. The van der Waals surface area contributed by atoms with Crippen LogP contribution in [0.3, 0.4) is 0 Å². The van der Waals surface area contributed by atoms with E-state index in [4.69, 9.17) is 11.6 Å². The Morgan fingerprint density at radius 2 is 2.09 bits per heavy atom. The zero-order valence-corrected chi connectivity index (χ0v) is 14.0. The molecule has 0 aliphatic rings. The highest BCUT2D eigenvalue weighted by molar-refractivity contribution is 7.99. The molecule has 1 N–H and O–H groups in total. The van der Waals surface area contributed by atoms with Gasteiger partial charge in [0.1, 0.15) is 5.52 Å². The molecule has 3 heterocycles. The lowest BCUT2D eigenvalue weighted by molar-refractivity contribution is 0.102. The van der Waals surface area contributed by atoms with Crippen molar-refractivity contribution in [1.29, 1.82) is 0 Å². The van der Waals surface area contributed by atoms with Crippen LogP contribution in [0.4, 0.5) is 0 Å². The molecule has 0 radical (unpaired) electrons. The third-order valence-electron chi connectivity index (χ3n) is 3.28. The zero-order chi connectivity index (χ0) is 15.8. The molecule has 0 spiro atoms. The van der Waals surface area contributed by atoms with Gasteiger partial charge in [-0.1, -0.05) is 41.6 Å². The number of hydrogen-bond acceptors (Lipinski definition) is 6. The van der Waals surface area contributed by atoms with Crippen LogP contribution in [-0.2, 0) is 0 Å². The predicted molar refractivity (Wildman–Crippen MR) is 93.6 cm³/mol. The Balaban J connectivity index is 1.57. The van der Waals surface area contributed by atoms with E-state index in [1.165, 1.54) is 23.1 Å². The molecule has 0 atom stereocenters. The van der Waals surface area contributed by atoms with Crippen LogP contribution in [0.25, 0.3) is 22.1 Å². The summed E-state index contributed by atoms with van der Waals surface area (Å²) in [6.07, 6.45) is 0. The highest BCUT2D eigenvalue weighted by Crippen LogP contribution is 2.25. The smallest absolute Gasteiger partial charge is 0.211 e. The number of nitrogens with zero attached hydrogens (tertiary/aromatic N) is 3. The summed E-state index contributed by atoms with van der Waals surface area (Å²) in [5.74, 6) is 0.261. The summed E-state index contributed by atoms with van der Waals surface area (Å²) >= 11 is 8.39. The van der Waals surface area contributed by atoms with Crippen molar-refractivity contribution in [3.05, 3.63) is 45.6 Å². The minimum Gasteiger partial charge on any atom is -0.338 e. The summed E-state index contributed by atoms with van der Waals surface area (Å²) in [4.78, 5) is 20.4. The molecule has 0 bridgehead atoms. The third kappa shape index (κ3) is 2.83. The van der Waals surface area contributed by atoms with Gasteiger partial charge in [0, 0.05) is 10.9 Å². The Hall–Kier alpha value is -1.96. The van der Waals surface area contributed by atoms with Gasteiger partial charge in [-0.15, -0.1) is 21.5 Å². The van der Waals surface area contributed by atoms with Crippen molar-refractivity contribution in [3.8, 4) is 0 Å². The van der Waals surface area contributed by atoms with Crippen LogP contribution in [0.1, 0.15) is 9.67 Å². The van der Waals surface area contributed by atoms with Crippen LogP contribution in [0.5, 0.6) is 0 Å². The Bertz CT molecular complexity index is 1030. The topological polar surface area (TPSA) is 71.5 Å². The fourth-order valence-corrected chi connectivity index (χ4v) is 3.97. The number of carbonyl (C=O) groups excluding carboxylic acids is 1. The van der Waals surface area contributed by atoms with Gasteiger partial charge in [-0.25, -0.2) is 4.98 Å². The van der Waals surface area contributed by atoms with Crippen molar-refractivity contribution >= 4 is 62.5 Å². The van der Waals surface area contributed by atoms with E-state index in [9.17, 15) is 4.79 Å². The summed E-state index contributed by atoms with van der Waals surface area (Å²) in [6, 6.07) is 11.3. The fraction of sp³-hybridized carbons (Fsp3) is 0.0667. The highest BCUT2D eigenvalue weighted by atomic mass is 35.5. The van der Waals surface area contributed by atoms with Crippen LogP contribution in [0, 0.1) is 0 Å². The van der Waals surface area contributed by atoms with Crippen LogP contribution in [-0.4, -0.2) is 31.7 Å². The average Bonchev–Trinajstić information content (AvgIpc) is 3.15. The Kier molecular flexibility index (Phi) is 3.76. The fourth-order valence-electron chi connectivity index (χ4n) is 2.23. The van der Waals surface area contributed by atoms with Crippen LogP contribution in [0.15, 0.2) is 41.6 Å². The number of aromatic nitrogens is 4. The van der Waals surface area contributed by atoms with E-state index in [2.05, 4.69) is 20.2 Å². The summed E-state index contributed by atoms with van der Waals surface area (Å²) < 4.78 is 0.607. The molecule has 0 fully saturated rings. The molecule has 0 amide bonds. The zero-order valence-electron chi connectivity index (χ0n) is 11.6. The van der Waals surface area contributed by atoms with E-state index in [-0.39, 0.29) is 11.5 Å². The van der Waals surface area contributed by atoms with Gasteiger partial charge in [0.25, 0.3) is 0 Å². The molecule has 0 saturated carbocycles. The average molecular weight is 361 g/mol. The Morgan fingerprint density at radius 1 is 1.22 bits per heavy atom. The Labute approximate surface area is 144 Å². The van der Waals surface area contributed by atoms with Gasteiger partial charge in [-0.05, 0) is 18.2 Å². The number of carbonyl (C=O) groups is 1. The molecule has 8 heteroatoms. The van der Waals surface area contributed by atoms with E-state index in [0.29, 0.717) is 20.0 Å². The number of thiophene rings is 1. The van der Waals surface area contributed by atoms with Gasteiger partial charge in [0.05, 0.1) is 15.0 Å². The number of aromatic amines is 1. The van der Waals surface area contributed by atoms with Gasteiger partial charge in [0.15, 0.2) is 11.4 Å². The van der Waals surface area contributed by atoms with Crippen LogP contribution >= 0.6 is 34.7 Å². The van der Waals surface area contributed by atoms with Crippen molar-refractivity contribution in [2.24, 2.45) is 0 Å². The number of nitrogens with one attached hydrogen (secondary N) is 1. The highest BCUT2D eigenvalue weighted by Gasteiger charge is 2.13. The quantitative estimate of drug-likeness (QED) is 0.436. The number of Topliss-reactive ketones (excluding diaryl/α,β-unsaturated/α-hetero) is 1. The van der Waals surface area contributed by atoms with Crippen molar-refractivity contribution in [1.82, 2.24) is 20.2 Å². The van der Waals surface area contributed by atoms with Gasteiger partial charge >= 0.3 is 0 Å². The molecule has 0 saturated heterocycles. The maximum absolute atomic E-state index is 12.1. The van der Waals surface area contributed by atoms with E-state index in [1.54, 1.807) is 12.1 Å². The van der Waals surface area contributed by atoms with Crippen molar-refractivity contribution in [2.45, 2.75) is 5.16 Å². The second-order valence-corrected chi connectivity index (χ2v) is 7.44. The minimum absolute atomic E-state index is 0.00671. The lowest BCUT2D eigenvalue weighted by Gasteiger charge is -1.98. The lowest BCUT2D eigenvalue weighted by atomic mass is 10.2. The largest absolute Gasteiger partial charge is 0.338 e. The second-order valence-electron chi connectivity index (χ2n) is 4.78. The van der Waals surface area contributed by atoms with Crippen LogP contribution < -0.4 is 0 Å². The molecule has 0 unspecified atom stereocenters. The number of hydrogen-bond donors (Lipinski definition) is 1. The molecule has 4 rings (SSSR count). The first-order valence-corrected chi connectivity index (χ1v) is 8.91. The van der Waals surface area contributed by atoms with E-state index < -0.39 is 0 Å². The lowest BCUT2D eigenvalue weighted by Crippen LogP contribution is -2.01. The number of ketones is 1. The molecular weight excluding hydrogens is 352 g/mol. The molecule has 4 aromatic rings. The maximum atomic E-state index is 12.1. The van der Waals surface area contributed by atoms with Gasteiger partial charge < -0.3 is 4.98 Å². The number of para-hydroxylation sites is 1. The first-order chi connectivity index (χ1) is 11.2. The van der Waals surface area contributed by atoms with Crippen molar-refractivity contribution in [2.75, 3.05) is 5.75 Å². The summed E-state index contributed by atoms with van der Waals surface area (Å²) in [6.45, 7) is 0. The number of fused-ring (bicyclic) bond motifs is 3. The number of benzene rings is 1. The molecule has 23 heavy (non-hydrogen) atoms. The third-order valence-corrected chi connectivity index (χ3v) is 5.39. The number of rotatable bonds is 4. The second kappa shape index (κ2) is 5.92. The molecule has 0 aliphatic carbocycles. The maximum Gasteiger partial charge on any atom is 0.211 e. The van der Waals surface area contributed by atoms with Gasteiger partial charge in [-0.3, -0.25) is 4.79 Å². The molecule has 0 aliphatic heterocycles. The number of thioether (sulfide) groups is 1. The number of halogens is 1. The van der Waals surface area contributed by atoms with E-state index in [0.717, 1.165) is 16.4 Å². The SMILES string of the molecule is O=C(CSc1nnc2c(n1)[nH]c1ccccc12)c1ccc(Cl)s1. The summed E-state index contributed by atoms with van der Waals surface area (Å²) in [5.41, 5.74) is 2.38. The first kappa shape index (κ1) is 14.6. The normalized spacial score (nSPS) is 11.3. The predicted octanol–water partition coefficient (Wildman–Crippen LogP) is 4.20. The Morgan fingerprint density at radius 3 is 2.91 bits per heavy atom.